The molecule has 2 aromatic rings. The Kier molecular flexibility index (Phi) is 2.45. The van der Waals surface area contributed by atoms with Crippen molar-refractivity contribution in [2.75, 3.05) is 13.2 Å². The standard InChI is InChI=1S/C14H12O4/c15-13(16)10-3-1-4-11(7-10)14(8-17-9-14)12-5-2-6-18-12/h1-7H,8-9H2,(H,15,16). The maximum Gasteiger partial charge on any atom is 0.335 e. The van der Waals surface area contributed by atoms with E-state index in [-0.39, 0.29) is 11.0 Å². The van der Waals surface area contributed by atoms with Crippen molar-refractivity contribution >= 4 is 5.97 Å². The summed E-state index contributed by atoms with van der Waals surface area (Å²) in [5, 5.41) is 9.04. The van der Waals surface area contributed by atoms with Crippen molar-refractivity contribution in [3.8, 4) is 0 Å². The summed E-state index contributed by atoms with van der Waals surface area (Å²) in [5.74, 6) is -0.108. The molecule has 1 fully saturated rings. The van der Waals surface area contributed by atoms with Gasteiger partial charge in [-0.1, -0.05) is 12.1 Å². The molecule has 0 amide bonds. The van der Waals surface area contributed by atoms with E-state index in [0.717, 1.165) is 11.3 Å². The molecule has 1 aromatic carbocycles. The fraction of sp³-hybridized carbons (Fsp3) is 0.214. The first-order chi connectivity index (χ1) is 8.72. The third-order valence-electron chi connectivity index (χ3n) is 3.35. The summed E-state index contributed by atoms with van der Waals surface area (Å²) in [7, 11) is 0. The molecule has 0 saturated carbocycles. The number of rotatable bonds is 3. The SMILES string of the molecule is O=C(O)c1cccc(C2(c3ccco3)COC2)c1. The molecular formula is C14H12O4. The number of benzene rings is 1. The number of hydrogen-bond donors (Lipinski definition) is 1. The molecule has 1 aromatic heterocycles. The van der Waals surface area contributed by atoms with Crippen LogP contribution in [0.25, 0.3) is 0 Å². The van der Waals surface area contributed by atoms with Crippen molar-refractivity contribution in [1.82, 2.24) is 0 Å². The van der Waals surface area contributed by atoms with Gasteiger partial charge in [-0.3, -0.25) is 0 Å². The van der Waals surface area contributed by atoms with Gasteiger partial charge < -0.3 is 14.3 Å². The first kappa shape index (κ1) is 11.0. The molecule has 1 N–H and O–H groups in total. The lowest BCUT2D eigenvalue weighted by atomic mass is 9.76. The minimum atomic E-state index is -0.924. The van der Waals surface area contributed by atoms with Crippen LogP contribution in [0.1, 0.15) is 21.7 Å². The molecule has 0 aliphatic carbocycles. The number of aromatic carboxylic acids is 1. The molecule has 0 unspecified atom stereocenters. The van der Waals surface area contributed by atoms with Crippen molar-refractivity contribution in [3.05, 3.63) is 59.5 Å². The van der Waals surface area contributed by atoms with Gasteiger partial charge in [-0.15, -0.1) is 0 Å². The molecule has 0 atom stereocenters. The Morgan fingerprint density at radius 1 is 1.22 bits per heavy atom. The molecule has 4 nitrogen and oxygen atoms in total. The van der Waals surface area contributed by atoms with Gasteiger partial charge in [0.1, 0.15) is 5.76 Å². The zero-order valence-corrected chi connectivity index (χ0v) is 9.63. The summed E-state index contributed by atoms with van der Waals surface area (Å²) < 4.78 is 10.8. The number of furan rings is 1. The van der Waals surface area contributed by atoms with Gasteiger partial charge in [-0.2, -0.15) is 0 Å². The van der Waals surface area contributed by atoms with E-state index in [2.05, 4.69) is 0 Å². The number of ether oxygens (including phenoxy) is 1. The van der Waals surface area contributed by atoms with Crippen LogP contribution in [0.5, 0.6) is 0 Å². The third-order valence-corrected chi connectivity index (χ3v) is 3.35. The highest BCUT2D eigenvalue weighted by molar-refractivity contribution is 5.87. The lowest BCUT2D eigenvalue weighted by Gasteiger charge is -2.40. The monoisotopic (exact) mass is 244 g/mol. The van der Waals surface area contributed by atoms with Crippen molar-refractivity contribution in [2.24, 2.45) is 0 Å². The second-order valence-corrected chi connectivity index (χ2v) is 4.44. The van der Waals surface area contributed by atoms with E-state index in [1.165, 1.54) is 0 Å². The Hall–Kier alpha value is -2.07. The van der Waals surface area contributed by atoms with E-state index in [1.54, 1.807) is 24.5 Å². The fourth-order valence-electron chi connectivity index (χ4n) is 2.26. The molecule has 0 spiro atoms. The van der Waals surface area contributed by atoms with Gasteiger partial charge in [-0.25, -0.2) is 4.79 Å². The molecule has 92 valence electrons. The molecule has 3 rings (SSSR count). The summed E-state index contributed by atoms with van der Waals surface area (Å²) in [5.41, 5.74) is 0.864. The highest BCUT2D eigenvalue weighted by Gasteiger charge is 2.44. The van der Waals surface area contributed by atoms with E-state index in [0.29, 0.717) is 13.2 Å². The summed E-state index contributed by atoms with van der Waals surface area (Å²) >= 11 is 0. The molecule has 1 aliphatic heterocycles. The lowest BCUT2D eigenvalue weighted by Crippen LogP contribution is -2.47. The highest BCUT2D eigenvalue weighted by atomic mass is 16.5. The summed E-state index contributed by atoms with van der Waals surface area (Å²) in [4.78, 5) is 11.0. The largest absolute Gasteiger partial charge is 0.478 e. The quantitative estimate of drug-likeness (QED) is 0.899. The number of hydrogen-bond acceptors (Lipinski definition) is 3. The van der Waals surface area contributed by atoms with Crippen LogP contribution in [0.15, 0.2) is 47.1 Å². The number of carboxylic acid groups (broad SMARTS) is 1. The van der Waals surface area contributed by atoms with Gasteiger partial charge in [-0.05, 0) is 29.8 Å². The predicted molar refractivity (Wildman–Crippen MR) is 63.7 cm³/mol. The Morgan fingerprint density at radius 2 is 2.06 bits per heavy atom. The maximum absolute atomic E-state index is 11.0. The summed E-state index contributed by atoms with van der Waals surface area (Å²) in [6.45, 7) is 1.03. The predicted octanol–water partition coefficient (Wildman–Crippen LogP) is 2.29. The van der Waals surface area contributed by atoms with Gasteiger partial charge >= 0.3 is 5.97 Å². The van der Waals surface area contributed by atoms with Crippen LogP contribution in [0.3, 0.4) is 0 Å². The van der Waals surface area contributed by atoms with E-state index in [9.17, 15) is 4.79 Å². The number of carboxylic acids is 1. The van der Waals surface area contributed by atoms with E-state index >= 15 is 0 Å². The summed E-state index contributed by atoms with van der Waals surface area (Å²) in [6.07, 6.45) is 1.62. The zero-order chi connectivity index (χ0) is 12.6. The van der Waals surface area contributed by atoms with Gasteiger partial charge in [0, 0.05) is 0 Å². The molecule has 1 saturated heterocycles. The van der Waals surface area contributed by atoms with Crippen LogP contribution in [-0.4, -0.2) is 24.3 Å². The van der Waals surface area contributed by atoms with Crippen LogP contribution >= 0.6 is 0 Å². The van der Waals surface area contributed by atoms with Crippen molar-refractivity contribution in [2.45, 2.75) is 5.41 Å². The van der Waals surface area contributed by atoms with E-state index < -0.39 is 5.97 Å². The second kappa shape index (κ2) is 3.99. The van der Waals surface area contributed by atoms with Crippen LogP contribution in [0, 0.1) is 0 Å². The minimum absolute atomic E-state index is 0.283. The van der Waals surface area contributed by atoms with Crippen LogP contribution in [0.4, 0.5) is 0 Å². The highest BCUT2D eigenvalue weighted by Crippen LogP contribution is 2.39. The van der Waals surface area contributed by atoms with Gasteiger partial charge in [0.15, 0.2) is 0 Å². The molecule has 4 heteroatoms. The van der Waals surface area contributed by atoms with Crippen molar-refractivity contribution < 1.29 is 19.1 Å². The van der Waals surface area contributed by atoms with Crippen LogP contribution in [0.2, 0.25) is 0 Å². The van der Waals surface area contributed by atoms with E-state index in [1.807, 2.05) is 18.2 Å². The maximum atomic E-state index is 11.0. The average Bonchev–Trinajstić information content (AvgIpc) is 2.82. The smallest absolute Gasteiger partial charge is 0.335 e. The Balaban J connectivity index is 2.07. The molecule has 0 radical (unpaired) electrons. The van der Waals surface area contributed by atoms with Gasteiger partial charge in [0.2, 0.25) is 0 Å². The number of carbonyl (C=O) groups is 1. The zero-order valence-electron chi connectivity index (χ0n) is 9.63. The lowest BCUT2D eigenvalue weighted by molar-refractivity contribution is -0.0476. The fourth-order valence-corrected chi connectivity index (χ4v) is 2.26. The first-order valence-corrected chi connectivity index (χ1v) is 5.68. The minimum Gasteiger partial charge on any atom is -0.478 e. The summed E-state index contributed by atoms with van der Waals surface area (Å²) in [6, 6.07) is 10.7. The molecule has 18 heavy (non-hydrogen) atoms. The average molecular weight is 244 g/mol. The van der Waals surface area contributed by atoms with Crippen LogP contribution < -0.4 is 0 Å². The van der Waals surface area contributed by atoms with Crippen molar-refractivity contribution in [1.29, 1.82) is 0 Å². The molecular weight excluding hydrogens is 232 g/mol. The van der Waals surface area contributed by atoms with Crippen molar-refractivity contribution in [3.63, 3.8) is 0 Å². The Labute approximate surface area is 104 Å². The molecule has 2 heterocycles. The third kappa shape index (κ3) is 1.54. The van der Waals surface area contributed by atoms with Gasteiger partial charge in [0.05, 0.1) is 30.5 Å². The topological polar surface area (TPSA) is 59.7 Å². The normalized spacial score (nSPS) is 17.1. The van der Waals surface area contributed by atoms with E-state index in [4.69, 9.17) is 14.3 Å². The Morgan fingerprint density at radius 3 is 2.61 bits per heavy atom. The Bertz CT molecular complexity index is 567. The first-order valence-electron chi connectivity index (χ1n) is 5.68. The second-order valence-electron chi connectivity index (χ2n) is 4.44. The molecule has 1 aliphatic rings. The molecule has 0 bridgehead atoms. The van der Waals surface area contributed by atoms with Crippen LogP contribution in [-0.2, 0) is 10.2 Å². The van der Waals surface area contributed by atoms with Gasteiger partial charge in [0.25, 0.3) is 0 Å².